The number of amides is 2. The first-order valence-electron chi connectivity index (χ1n) is 6.77. The molecule has 1 unspecified atom stereocenters. The molecule has 19 heavy (non-hydrogen) atoms. The first kappa shape index (κ1) is 15.5. The molecule has 1 saturated heterocycles. The van der Waals surface area contributed by atoms with Gasteiger partial charge in [0.15, 0.2) is 0 Å². The lowest BCUT2D eigenvalue weighted by Gasteiger charge is -2.44. The molecule has 0 aromatic heterocycles. The number of rotatable bonds is 4. The van der Waals surface area contributed by atoms with Gasteiger partial charge in [-0.1, -0.05) is 6.08 Å². The summed E-state index contributed by atoms with van der Waals surface area (Å²) in [6, 6.07) is -0.190. The van der Waals surface area contributed by atoms with E-state index in [-0.39, 0.29) is 12.1 Å². The van der Waals surface area contributed by atoms with Crippen LogP contribution in [0.25, 0.3) is 0 Å². The zero-order valence-corrected chi connectivity index (χ0v) is 12.1. The third-order valence-electron chi connectivity index (χ3n) is 3.78. The second kappa shape index (κ2) is 6.08. The van der Waals surface area contributed by atoms with Crippen molar-refractivity contribution in [1.82, 2.24) is 9.80 Å². The summed E-state index contributed by atoms with van der Waals surface area (Å²) < 4.78 is 0. The number of carbonyl (C=O) groups excluding carboxylic acids is 1. The lowest BCUT2D eigenvalue weighted by Crippen LogP contribution is -2.61. The maximum Gasteiger partial charge on any atom is 0.329 e. The van der Waals surface area contributed by atoms with Gasteiger partial charge in [-0.15, -0.1) is 6.58 Å². The average Bonchev–Trinajstić information content (AvgIpc) is 2.35. The van der Waals surface area contributed by atoms with Crippen molar-refractivity contribution >= 4 is 12.0 Å². The maximum absolute atomic E-state index is 12.6. The number of hydrogen-bond acceptors (Lipinski definition) is 2. The monoisotopic (exact) mass is 268 g/mol. The number of urea groups is 1. The van der Waals surface area contributed by atoms with Crippen molar-refractivity contribution in [2.75, 3.05) is 13.1 Å². The number of carboxylic acid groups (broad SMARTS) is 1. The van der Waals surface area contributed by atoms with Crippen LogP contribution in [0.5, 0.6) is 0 Å². The summed E-state index contributed by atoms with van der Waals surface area (Å²) >= 11 is 0. The molecule has 0 spiro atoms. The Morgan fingerprint density at radius 2 is 2.11 bits per heavy atom. The van der Waals surface area contributed by atoms with Crippen molar-refractivity contribution in [2.24, 2.45) is 0 Å². The van der Waals surface area contributed by atoms with Gasteiger partial charge in [-0.2, -0.15) is 0 Å². The molecular weight excluding hydrogens is 244 g/mol. The minimum atomic E-state index is -1.09. The van der Waals surface area contributed by atoms with Crippen LogP contribution in [0, 0.1) is 0 Å². The summed E-state index contributed by atoms with van der Waals surface area (Å²) in [6.07, 6.45) is 3.87. The molecule has 0 aromatic rings. The first-order valence-corrected chi connectivity index (χ1v) is 6.77. The Kier molecular flexibility index (Phi) is 4.97. The van der Waals surface area contributed by atoms with Crippen molar-refractivity contribution in [3.05, 3.63) is 12.7 Å². The summed E-state index contributed by atoms with van der Waals surface area (Å²) in [5, 5.41) is 9.43. The summed E-state index contributed by atoms with van der Waals surface area (Å²) in [7, 11) is 0. The van der Waals surface area contributed by atoms with Gasteiger partial charge in [0.2, 0.25) is 0 Å². The molecule has 0 aliphatic carbocycles. The van der Waals surface area contributed by atoms with Crippen molar-refractivity contribution in [1.29, 1.82) is 0 Å². The molecule has 1 aliphatic heterocycles. The van der Waals surface area contributed by atoms with Crippen LogP contribution < -0.4 is 0 Å². The predicted molar refractivity (Wildman–Crippen MR) is 74.0 cm³/mol. The lowest BCUT2D eigenvalue weighted by atomic mass is 9.88. The van der Waals surface area contributed by atoms with Crippen molar-refractivity contribution in [3.8, 4) is 0 Å². The van der Waals surface area contributed by atoms with Crippen LogP contribution in [0.1, 0.15) is 40.0 Å². The molecule has 2 amide bonds. The number of nitrogens with zero attached hydrogens (tertiary/aromatic N) is 2. The smallest absolute Gasteiger partial charge is 0.329 e. The molecular formula is C14H24N2O3. The number of likely N-dealkylation sites (tertiary alicyclic amines) is 1. The average molecular weight is 268 g/mol. The largest absolute Gasteiger partial charge is 0.480 e. The fourth-order valence-electron chi connectivity index (χ4n) is 2.45. The van der Waals surface area contributed by atoms with E-state index in [0.29, 0.717) is 19.5 Å². The normalized spacial score (nSPS) is 23.3. The van der Waals surface area contributed by atoms with Gasteiger partial charge < -0.3 is 14.9 Å². The van der Waals surface area contributed by atoms with E-state index >= 15 is 0 Å². The minimum Gasteiger partial charge on any atom is -0.480 e. The van der Waals surface area contributed by atoms with E-state index < -0.39 is 11.5 Å². The highest BCUT2D eigenvalue weighted by Gasteiger charge is 2.45. The Morgan fingerprint density at radius 3 is 2.58 bits per heavy atom. The molecule has 0 radical (unpaired) electrons. The second-order valence-electron chi connectivity index (χ2n) is 5.51. The van der Waals surface area contributed by atoms with Gasteiger partial charge >= 0.3 is 12.0 Å². The van der Waals surface area contributed by atoms with E-state index in [1.807, 2.05) is 13.8 Å². The molecule has 0 saturated carbocycles. The molecule has 1 rings (SSSR count). The molecule has 1 aliphatic rings. The van der Waals surface area contributed by atoms with Gasteiger partial charge in [-0.3, -0.25) is 0 Å². The van der Waals surface area contributed by atoms with E-state index in [1.54, 1.807) is 17.9 Å². The van der Waals surface area contributed by atoms with E-state index in [4.69, 9.17) is 0 Å². The molecule has 1 heterocycles. The van der Waals surface area contributed by atoms with Crippen molar-refractivity contribution in [2.45, 2.75) is 51.6 Å². The number of aliphatic carboxylic acids is 1. The molecule has 5 nitrogen and oxygen atoms in total. The highest BCUT2D eigenvalue weighted by Crippen LogP contribution is 2.29. The fraction of sp³-hybridized carbons (Fsp3) is 0.714. The topological polar surface area (TPSA) is 60.9 Å². The van der Waals surface area contributed by atoms with Crippen LogP contribution in [0.3, 0.4) is 0 Å². The fourth-order valence-corrected chi connectivity index (χ4v) is 2.45. The van der Waals surface area contributed by atoms with Gasteiger partial charge in [0.05, 0.1) is 0 Å². The van der Waals surface area contributed by atoms with Crippen LogP contribution in [0.4, 0.5) is 4.79 Å². The van der Waals surface area contributed by atoms with Crippen LogP contribution in [0.2, 0.25) is 0 Å². The number of carbonyl (C=O) groups is 2. The summed E-state index contributed by atoms with van der Waals surface area (Å²) in [5.74, 6) is -0.928. The van der Waals surface area contributed by atoms with Crippen LogP contribution in [-0.2, 0) is 4.79 Å². The van der Waals surface area contributed by atoms with Gasteiger partial charge in [0.1, 0.15) is 5.54 Å². The third-order valence-corrected chi connectivity index (χ3v) is 3.78. The van der Waals surface area contributed by atoms with Gasteiger partial charge in [0, 0.05) is 19.1 Å². The number of hydrogen-bond donors (Lipinski definition) is 1. The van der Waals surface area contributed by atoms with Crippen molar-refractivity contribution < 1.29 is 14.7 Å². The van der Waals surface area contributed by atoms with E-state index in [9.17, 15) is 14.7 Å². The van der Waals surface area contributed by atoms with Gasteiger partial charge in [-0.25, -0.2) is 9.59 Å². The Hall–Kier alpha value is -1.52. The third kappa shape index (κ3) is 3.08. The van der Waals surface area contributed by atoms with Crippen molar-refractivity contribution in [3.63, 3.8) is 0 Å². The Labute approximate surface area is 114 Å². The molecule has 5 heteroatoms. The van der Waals surface area contributed by atoms with E-state index in [0.717, 1.165) is 12.8 Å². The molecule has 0 bridgehead atoms. The standard InChI is InChI=1S/C14H24N2O3/c1-5-9-15(11(2)3)13(19)16-10-7-6-8-14(16,4)12(17)18/h5,11H,1,6-10H2,2-4H3,(H,17,18). The SMILES string of the molecule is C=CCN(C(=O)N1CCCCC1(C)C(=O)O)C(C)C. The Balaban J connectivity index is 2.99. The first-order chi connectivity index (χ1) is 8.84. The van der Waals surface area contributed by atoms with Crippen LogP contribution >= 0.6 is 0 Å². The summed E-state index contributed by atoms with van der Waals surface area (Å²) in [6.45, 7) is 10.1. The quantitative estimate of drug-likeness (QED) is 0.796. The Bertz CT molecular complexity index is 368. The van der Waals surface area contributed by atoms with Crippen LogP contribution in [0.15, 0.2) is 12.7 Å². The zero-order valence-electron chi connectivity index (χ0n) is 12.1. The second-order valence-corrected chi connectivity index (χ2v) is 5.51. The highest BCUT2D eigenvalue weighted by atomic mass is 16.4. The molecule has 0 aromatic carbocycles. The van der Waals surface area contributed by atoms with Gasteiger partial charge in [0.25, 0.3) is 0 Å². The van der Waals surface area contributed by atoms with Gasteiger partial charge in [-0.05, 0) is 40.0 Å². The highest BCUT2D eigenvalue weighted by molar-refractivity contribution is 5.86. The minimum absolute atomic E-state index is 0.0190. The Morgan fingerprint density at radius 1 is 1.47 bits per heavy atom. The van der Waals surface area contributed by atoms with Crippen LogP contribution in [-0.4, -0.2) is 51.6 Å². The van der Waals surface area contributed by atoms with E-state index in [2.05, 4.69) is 6.58 Å². The maximum atomic E-state index is 12.6. The lowest BCUT2D eigenvalue weighted by molar-refractivity contribution is -0.150. The predicted octanol–water partition coefficient (Wildman–Crippen LogP) is 2.33. The summed E-state index contributed by atoms with van der Waals surface area (Å²) in [5.41, 5.74) is -1.09. The number of carboxylic acids is 1. The summed E-state index contributed by atoms with van der Waals surface area (Å²) in [4.78, 5) is 27.3. The van der Waals surface area contributed by atoms with E-state index in [1.165, 1.54) is 4.90 Å². The molecule has 1 atom stereocenters. The molecule has 108 valence electrons. The molecule has 1 N–H and O–H groups in total. The number of piperidine rings is 1. The molecule has 1 fully saturated rings. The zero-order chi connectivity index (χ0) is 14.6.